The molecule has 4 rings (SSSR count). The summed E-state index contributed by atoms with van der Waals surface area (Å²) in [4.78, 5) is 13.4. The van der Waals surface area contributed by atoms with E-state index in [1.54, 1.807) is 24.3 Å². The number of nitrogens with zero attached hydrogens (tertiary/aromatic N) is 1. The molecule has 0 bridgehead atoms. The summed E-state index contributed by atoms with van der Waals surface area (Å²) in [5, 5.41) is 3.19. The van der Waals surface area contributed by atoms with Gasteiger partial charge in [0.1, 0.15) is 19.0 Å². The molecule has 2 aliphatic heterocycles. The third-order valence-electron chi connectivity index (χ3n) is 6.41. The molecule has 1 fully saturated rings. The van der Waals surface area contributed by atoms with Crippen molar-refractivity contribution in [3.05, 3.63) is 48.0 Å². The zero-order valence-electron chi connectivity index (χ0n) is 19.8. The minimum atomic E-state index is -3.60. The fraction of sp³-hybridized carbons (Fsp3) is 0.480. The Morgan fingerprint density at radius 3 is 2.29 bits per heavy atom. The first kappa shape index (κ1) is 24.3. The van der Waals surface area contributed by atoms with Crippen molar-refractivity contribution in [1.82, 2.24) is 9.62 Å². The van der Waals surface area contributed by atoms with Crippen molar-refractivity contribution in [2.24, 2.45) is 11.8 Å². The largest absolute Gasteiger partial charge is 0.497 e. The van der Waals surface area contributed by atoms with E-state index in [4.69, 9.17) is 14.2 Å². The zero-order chi connectivity index (χ0) is 24.3. The van der Waals surface area contributed by atoms with E-state index in [2.05, 4.69) is 19.2 Å². The van der Waals surface area contributed by atoms with Gasteiger partial charge in [0, 0.05) is 19.0 Å². The number of amides is 1. The molecule has 0 aliphatic carbocycles. The topological polar surface area (TPSA) is 94.2 Å². The van der Waals surface area contributed by atoms with Gasteiger partial charge in [-0.3, -0.25) is 4.79 Å². The van der Waals surface area contributed by atoms with Crippen LogP contribution in [-0.4, -0.2) is 52.0 Å². The Morgan fingerprint density at radius 1 is 1.03 bits per heavy atom. The predicted octanol–water partition coefficient (Wildman–Crippen LogP) is 3.38. The Hall–Kier alpha value is -2.78. The van der Waals surface area contributed by atoms with E-state index in [1.165, 1.54) is 11.4 Å². The number of piperidine rings is 1. The second kappa shape index (κ2) is 10.2. The van der Waals surface area contributed by atoms with Gasteiger partial charge in [-0.2, -0.15) is 4.31 Å². The van der Waals surface area contributed by atoms with Crippen molar-refractivity contribution in [2.75, 3.05) is 33.4 Å². The Morgan fingerprint density at radius 2 is 1.68 bits per heavy atom. The molecule has 9 heteroatoms. The molecule has 34 heavy (non-hydrogen) atoms. The van der Waals surface area contributed by atoms with Crippen LogP contribution in [0.5, 0.6) is 17.2 Å². The second-order valence-corrected chi connectivity index (χ2v) is 10.9. The molecule has 0 unspecified atom stereocenters. The van der Waals surface area contributed by atoms with Crippen molar-refractivity contribution in [3.8, 4) is 17.2 Å². The number of sulfonamides is 1. The number of hydrogen-bond donors (Lipinski definition) is 1. The van der Waals surface area contributed by atoms with Crippen LogP contribution in [-0.2, 0) is 14.8 Å². The lowest BCUT2D eigenvalue weighted by atomic mass is 9.92. The molecule has 0 radical (unpaired) electrons. The predicted molar refractivity (Wildman–Crippen MR) is 128 cm³/mol. The lowest BCUT2D eigenvalue weighted by Crippen LogP contribution is -2.44. The minimum Gasteiger partial charge on any atom is -0.497 e. The van der Waals surface area contributed by atoms with E-state index in [0.717, 1.165) is 5.56 Å². The standard InChI is InChI=1S/C25H32N2O6S/c1-17(2)24(19-4-9-22-23(16-19)33-15-14-32-22)26-25(28)18-10-12-27(13-11-18)34(29,30)21-7-5-20(31-3)6-8-21/h4-9,16-18,24H,10-15H2,1-3H3,(H,26,28)/t24-/m1/s1. The van der Waals surface area contributed by atoms with Crippen LogP contribution >= 0.6 is 0 Å². The summed E-state index contributed by atoms with van der Waals surface area (Å²) >= 11 is 0. The third-order valence-corrected chi connectivity index (χ3v) is 8.32. The average molecular weight is 489 g/mol. The SMILES string of the molecule is COc1ccc(S(=O)(=O)N2CCC(C(=O)N[C@@H](c3ccc4c(c3)OCCO4)C(C)C)CC2)cc1. The summed E-state index contributed by atoms with van der Waals surface area (Å²) in [5.74, 6) is 1.90. The summed E-state index contributed by atoms with van der Waals surface area (Å²) in [6.07, 6.45) is 0.959. The summed E-state index contributed by atoms with van der Waals surface area (Å²) in [5.41, 5.74) is 0.965. The van der Waals surface area contributed by atoms with Crippen LogP contribution in [0, 0.1) is 11.8 Å². The Kier molecular flexibility index (Phi) is 7.33. The van der Waals surface area contributed by atoms with Crippen LogP contribution in [0.15, 0.2) is 47.4 Å². The van der Waals surface area contributed by atoms with Crippen molar-refractivity contribution in [3.63, 3.8) is 0 Å². The molecular weight excluding hydrogens is 456 g/mol. The molecule has 1 N–H and O–H groups in total. The fourth-order valence-corrected chi connectivity index (χ4v) is 5.88. The van der Waals surface area contributed by atoms with E-state index < -0.39 is 10.0 Å². The molecular formula is C25H32N2O6S. The highest BCUT2D eigenvalue weighted by molar-refractivity contribution is 7.89. The van der Waals surface area contributed by atoms with Crippen molar-refractivity contribution in [1.29, 1.82) is 0 Å². The molecule has 2 aromatic rings. The number of ether oxygens (including phenoxy) is 3. The molecule has 8 nitrogen and oxygen atoms in total. The number of methoxy groups -OCH3 is 1. The van der Waals surface area contributed by atoms with Crippen molar-refractivity contribution in [2.45, 2.75) is 37.6 Å². The van der Waals surface area contributed by atoms with Gasteiger partial charge in [0.25, 0.3) is 0 Å². The zero-order valence-corrected chi connectivity index (χ0v) is 20.6. The highest BCUT2D eigenvalue weighted by Gasteiger charge is 2.33. The quantitative estimate of drug-likeness (QED) is 0.642. The normalized spacial score (nSPS) is 17.9. The number of nitrogens with one attached hydrogen (secondary N) is 1. The maximum absolute atomic E-state index is 13.1. The minimum absolute atomic E-state index is 0.0462. The number of benzene rings is 2. The van der Waals surface area contributed by atoms with E-state index in [0.29, 0.717) is 56.4 Å². The van der Waals surface area contributed by atoms with Gasteiger partial charge in [0.15, 0.2) is 11.5 Å². The first-order valence-electron chi connectivity index (χ1n) is 11.6. The molecule has 0 spiro atoms. The maximum atomic E-state index is 13.1. The van der Waals surface area contributed by atoms with E-state index in [1.807, 2.05) is 18.2 Å². The van der Waals surface area contributed by atoms with Gasteiger partial charge in [0.05, 0.1) is 18.0 Å². The summed E-state index contributed by atoms with van der Waals surface area (Å²) in [6, 6.07) is 12.0. The fourth-order valence-electron chi connectivity index (χ4n) is 4.41. The second-order valence-electron chi connectivity index (χ2n) is 8.99. The number of rotatable bonds is 7. The number of carbonyl (C=O) groups is 1. The first-order chi connectivity index (χ1) is 16.3. The van der Waals surface area contributed by atoms with Crippen LogP contribution in [0.25, 0.3) is 0 Å². The van der Waals surface area contributed by atoms with Gasteiger partial charge in [-0.05, 0) is 60.7 Å². The third kappa shape index (κ3) is 5.15. The molecule has 184 valence electrons. The van der Waals surface area contributed by atoms with Gasteiger partial charge in [-0.1, -0.05) is 19.9 Å². The van der Waals surface area contributed by atoms with Gasteiger partial charge >= 0.3 is 0 Å². The highest BCUT2D eigenvalue weighted by Crippen LogP contribution is 2.35. The number of fused-ring (bicyclic) bond motifs is 1. The number of carbonyl (C=O) groups excluding carboxylic acids is 1. The summed E-state index contributed by atoms with van der Waals surface area (Å²) in [6.45, 7) is 5.78. The first-order valence-corrected chi connectivity index (χ1v) is 13.1. The molecule has 0 aromatic heterocycles. The van der Waals surface area contributed by atoms with Gasteiger partial charge < -0.3 is 19.5 Å². The molecule has 1 atom stereocenters. The van der Waals surface area contributed by atoms with E-state index in [-0.39, 0.29) is 28.7 Å². The molecule has 2 aromatic carbocycles. The molecule has 0 saturated carbocycles. The van der Waals surface area contributed by atoms with E-state index in [9.17, 15) is 13.2 Å². The average Bonchev–Trinajstić information content (AvgIpc) is 2.86. The summed E-state index contributed by atoms with van der Waals surface area (Å²) < 4.78 is 43.9. The van der Waals surface area contributed by atoms with Gasteiger partial charge in [0.2, 0.25) is 15.9 Å². The molecule has 1 saturated heterocycles. The van der Waals surface area contributed by atoms with Gasteiger partial charge in [-0.25, -0.2) is 8.42 Å². The summed E-state index contributed by atoms with van der Waals surface area (Å²) in [7, 11) is -2.07. The van der Waals surface area contributed by atoms with Crippen molar-refractivity contribution < 1.29 is 27.4 Å². The van der Waals surface area contributed by atoms with Crippen LogP contribution < -0.4 is 19.5 Å². The van der Waals surface area contributed by atoms with Crippen LogP contribution in [0.1, 0.15) is 38.3 Å². The smallest absolute Gasteiger partial charge is 0.243 e. The van der Waals surface area contributed by atoms with E-state index >= 15 is 0 Å². The molecule has 2 aliphatic rings. The maximum Gasteiger partial charge on any atom is 0.243 e. The highest BCUT2D eigenvalue weighted by atomic mass is 32.2. The van der Waals surface area contributed by atoms with Crippen LogP contribution in [0.4, 0.5) is 0 Å². The Bertz CT molecular complexity index is 1110. The lowest BCUT2D eigenvalue weighted by Gasteiger charge is -2.32. The number of hydrogen-bond acceptors (Lipinski definition) is 6. The lowest BCUT2D eigenvalue weighted by molar-refractivity contribution is -0.127. The van der Waals surface area contributed by atoms with Crippen LogP contribution in [0.3, 0.4) is 0 Å². The molecule has 1 amide bonds. The molecule has 2 heterocycles. The van der Waals surface area contributed by atoms with Gasteiger partial charge in [-0.15, -0.1) is 0 Å². The van der Waals surface area contributed by atoms with Crippen LogP contribution in [0.2, 0.25) is 0 Å². The monoisotopic (exact) mass is 488 g/mol. The Balaban J connectivity index is 1.39. The Labute approximate surface area is 201 Å². The van der Waals surface area contributed by atoms with Crippen molar-refractivity contribution >= 4 is 15.9 Å².